The number of thiocarbonyl (C=S) groups is 1. The normalized spacial score (nSPS) is 11.3. The molecule has 3 nitrogen and oxygen atoms in total. The highest BCUT2D eigenvalue weighted by Gasteiger charge is 2.30. The molecule has 0 atom stereocenters. The van der Waals surface area contributed by atoms with Crippen molar-refractivity contribution in [1.29, 1.82) is 0 Å². The van der Waals surface area contributed by atoms with Crippen LogP contribution in [0.4, 0.5) is 24.5 Å². The fraction of sp³-hybridized carbons (Fsp3) is 0.176. The number of thioether (sulfide) groups is 1. The molecule has 0 aliphatic rings. The number of halogens is 4. The average molecular weight is 462 g/mol. The minimum absolute atomic E-state index is 0. The monoisotopic (exact) mass is 461 g/mol. The van der Waals surface area contributed by atoms with Gasteiger partial charge >= 0.3 is 6.18 Å². The lowest BCUT2D eigenvalue weighted by atomic mass is 10.2. The van der Waals surface area contributed by atoms with Gasteiger partial charge in [0.2, 0.25) is 0 Å². The van der Waals surface area contributed by atoms with Crippen molar-refractivity contribution >= 4 is 62.7 Å². The van der Waals surface area contributed by atoms with Crippen molar-refractivity contribution in [2.45, 2.75) is 11.9 Å². The van der Waals surface area contributed by atoms with Gasteiger partial charge in [-0.2, -0.15) is 18.2 Å². The maximum absolute atomic E-state index is 12.8. The molecule has 0 unspecified atom stereocenters. The third-order valence-corrected chi connectivity index (χ3v) is 4.26. The van der Waals surface area contributed by atoms with E-state index in [1.165, 1.54) is 17.8 Å². The van der Waals surface area contributed by atoms with Crippen molar-refractivity contribution in [3.05, 3.63) is 59.7 Å². The Morgan fingerprint density at radius 3 is 2.46 bits per heavy atom. The Kier molecular flexibility index (Phi) is 9.01. The van der Waals surface area contributed by atoms with Crippen LogP contribution in [0, 0.1) is 0 Å². The SMILES string of the molecule is Br.CN=C(Nc1cccc(C(F)(F)F)c1)SCc1ccc(N=C=S)cc1. The number of isothiocyanates is 1. The van der Waals surface area contributed by atoms with Crippen LogP contribution < -0.4 is 5.32 Å². The van der Waals surface area contributed by atoms with E-state index < -0.39 is 11.7 Å². The molecule has 2 rings (SSSR count). The van der Waals surface area contributed by atoms with E-state index in [0.717, 1.165) is 23.4 Å². The lowest BCUT2D eigenvalue weighted by Gasteiger charge is -2.12. The molecular formula is C17H15BrF3N3S2. The number of hydrogen-bond acceptors (Lipinski definition) is 4. The number of aliphatic imine (C=N–C) groups is 2. The van der Waals surface area contributed by atoms with E-state index in [4.69, 9.17) is 0 Å². The van der Waals surface area contributed by atoms with Crippen LogP contribution in [0.15, 0.2) is 58.5 Å². The zero-order valence-corrected chi connectivity index (χ0v) is 16.9. The van der Waals surface area contributed by atoms with Gasteiger partial charge in [0.05, 0.1) is 16.4 Å². The number of nitrogens with one attached hydrogen (secondary N) is 1. The lowest BCUT2D eigenvalue weighted by molar-refractivity contribution is -0.137. The van der Waals surface area contributed by atoms with Crippen molar-refractivity contribution in [3.8, 4) is 0 Å². The predicted molar refractivity (Wildman–Crippen MR) is 111 cm³/mol. The van der Waals surface area contributed by atoms with Gasteiger partial charge in [-0.25, -0.2) is 0 Å². The number of hydrogen-bond donors (Lipinski definition) is 1. The molecule has 0 aliphatic heterocycles. The number of nitrogens with zero attached hydrogens (tertiary/aromatic N) is 2. The molecule has 9 heteroatoms. The van der Waals surface area contributed by atoms with Crippen LogP contribution in [0.5, 0.6) is 0 Å². The van der Waals surface area contributed by atoms with Gasteiger partial charge in [0.1, 0.15) is 0 Å². The van der Waals surface area contributed by atoms with E-state index >= 15 is 0 Å². The Balaban J connectivity index is 0.00000338. The molecule has 0 amide bonds. The largest absolute Gasteiger partial charge is 0.416 e. The summed E-state index contributed by atoms with van der Waals surface area (Å²) < 4.78 is 38.3. The quantitative estimate of drug-likeness (QED) is 0.327. The second-order valence-electron chi connectivity index (χ2n) is 4.89. The number of alkyl halides is 3. The first-order valence-electron chi connectivity index (χ1n) is 7.13. The van der Waals surface area contributed by atoms with Crippen molar-refractivity contribution < 1.29 is 13.2 Å². The Morgan fingerprint density at radius 1 is 1.19 bits per heavy atom. The first kappa shape index (κ1) is 22.4. The van der Waals surface area contributed by atoms with Crippen LogP contribution in [-0.2, 0) is 11.9 Å². The Hall–Kier alpha value is -1.67. The number of amidine groups is 1. The topological polar surface area (TPSA) is 36.8 Å². The summed E-state index contributed by atoms with van der Waals surface area (Å²) in [6.07, 6.45) is -4.37. The predicted octanol–water partition coefficient (Wildman–Crippen LogP) is 6.35. The number of rotatable bonds is 4. The first-order valence-corrected chi connectivity index (χ1v) is 8.52. The fourth-order valence-electron chi connectivity index (χ4n) is 1.92. The first-order chi connectivity index (χ1) is 11.9. The molecule has 1 N–H and O–H groups in total. The summed E-state index contributed by atoms with van der Waals surface area (Å²) in [4.78, 5) is 7.96. The molecule has 26 heavy (non-hydrogen) atoms. The van der Waals surface area contributed by atoms with Gasteiger partial charge in [0, 0.05) is 18.5 Å². The molecule has 0 bridgehead atoms. The molecule has 2 aromatic rings. The lowest BCUT2D eigenvalue weighted by Crippen LogP contribution is -2.10. The summed E-state index contributed by atoms with van der Waals surface area (Å²) >= 11 is 5.94. The van der Waals surface area contributed by atoms with E-state index in [1.54, 1.807) is 13.1 Å². The maximum Gasteiger partial charge on any atom is 0.416 e. The molecule has 0 aromatic heterocycles. The summed E-state index contributed by atoms with van der Waals surface area (Å²) in [5, 5.41) is 5.74. The van der Waals surface area contributed by atoms with Gasteiger partial charge in [0.15, 0.2) is 5.17 Å². The second kappa shape index (κ2) is 10.5. The van der Waals surface area contributed by atoms with Crippen LogP contribution in [0.1, 0.15) is 11.1 Å². The van der Waals surface area contributed by atoms with E-state index in [1.807, 2.05) is 24.3 Å². The summed E-state index contributed by atoms with van der Waals surface area (Å²) in [5.41, 5.74) is 1.39. The highest BCUT2D eigenvalue weighted by atomic mass is 79.9. The summed E-state index contributed by atoms with van der Waals surface area (Å²) in [7, 11) is 1.58. The fourth-order valence-corrected chi connectivity index (χ4v) is 2.84. The van der Waals surface area contributed by atoms with Gasteiger partial charge in [-0.15, -0.1) is 17.0 Å². The van der Waals surface area contributed by atoms with Crippen LogP contribution in [0.25, 0.3) is 0 Å². The Morgan fingerprint density at radius 2 is 1.88 bits per heavy atom. The highest BCUT2D eigenvalue weighted by molar-refractivity contribution is 8.93. The van der Waals surface area contributed by atoms with E-state index in [9.17, 15) is 13.2 Å². The van der Waals surface area contributed by atoms with Gasteiger partial charge in [-0.05, 0) is 48.1 Å². The zero-order chi connectivity index (χ0) is 18.3. The number of anilines is 1. The van der Waals surface area contributed by atoms with Gasteiger partial charge in [-0.3, -0.25) is 4.99 Å². The van der Waals surface area contributed by atoms with E-state index in [2.05, 4.69) is 32.7 Å². The van der Waals surface area contributed by atoms with Crippen molar-refractivity contribution in [3.63, 3.8) is 0 Å². The van der Waals surface area contributed by atoms with Crippen molar-refractivity contribution in [2.24, 2.45) is 9.98 Å². The molecule has 0 radical (unpaired) electrons. The minimum Gasteiger partial charge on any atom is -0.335 e. The van der Waals surface area contributed by atoms with Crippen LogP contribution in [-0.4, -0.2) is 17.4 Å². The number of benzene rings is 2. The van der Waals surface area contributed by atoms with Gasteiger partial charge < -0.3 is 5.32 Å². The van der Waals surface area contributed by atoms with Crippen LogP contribution >= 0.6 is 41.0 Å². The third kappa shape index (κ3) is 6.92. The van der Waals surface area contributed by atoms with Crippen LogP contribution in [0.2, 0.25) is 0 Å². The second-order valence-corrected chi connectivity index (χ2v) is 6.04. The van der Waals surface area contributed by atoms with Crippen molar-refractivity contribution in [2.75, 3.05) is 12.4 Å². The van der Waals surface area contributed by atoms with Crippen LogP contribution in [0.3, 0.4) is 0 Å². The smallest absolute Gasteiger partial charge is 0.335 e. The molecule has 0 fully saturated rings. The Labute approximate surface area is 169 Å². The minimum atomic E-state index is -4.37. The molecule has 0 heterocycles. The summed E-state index contributed by atoms with van der Waals surface area (Å²) in [6, 6.07) is 12.5. The Bertz CT molecular complexity index is 802. The van der Waals surface area contributed by atoms with Gasteiger partial charge in [0.25, 0.3) is 0 Å². The molecule has 0 spiro atoms. The zero-order valence-electron chi connectivity index (χ0n) is 13.6. The molecular weight excluding hydrogens is 447 g/mol. The van der Waals surface area contributed by atoms with Gasteiger partial charge in [-0.1, -0.05) is 30.0 Å². The molecule has 0 aliphatic carbocycles. The molecule has 2 aromatic carbocycles. The summed E-state index contributed by atoms with van der Waals surface area (Å²) in [6.45, 7) is 0. The molecule has 0 saturated heterocycles. The van der Waals surface area contributed by atoms with E-state index in [-0.39, 0.29) is 17.0 Å². The third-order valence-electron chi connectivity index (χ3n) is 3.13. The average Bonchev–Trinajstić information content (AvgIpc) is 2.59. The molecule has 0 saturated carbocycles. The summed E-state index contributed by atoms with van der Waals surface area (Å²) in [5.74, 6) is 0.611. The molecule has 138 valence electrons. The maximum atomic E-state index is 12.8. The highest BCUT2D eigenvalue weighted by Crippen LogP contribution is 2.31. The van der Waals surface area contributed by atoms with Crippen molar-refractivity contribution in [1.82, 2.24) is 0 Å². The van der Waals surface area contributed by atoms with E-state index in [0.29, 0.717) is 16.6 Å². The standard InChI is InChI=1S/C17H14F3N3S2.BrH/c1-21-16(23-15-4-2-3-13(9-15)17(18,19)20)25-10-12-5-7-14(8-6-12)22-11-24;/h2-9H,10H2,1H3,(H,21,23);1H.